The molecule has 1 N–H and O–H groups in total. The van der Waals surface area contributed by atoms with Crippen LogP contribution < -0.4 is 25.7 Å². The number of ether oxygens (including phenoxy) is 2. The summed E-state index contributed by atoms with van der Waals surface area (Å²) in [7, 11) is 1.55. The predicted molar refractivity (Wildman–Crippen MR) is 104 cm³/mol. The molecule has 0 saturated carbocycles. The molecule has 4 heterocycles. The van der Waals surface area contributed by atoms with E-state index in [1.54, 1.807) is 19.2 Å². The third-order valence-electron chi connectivity index (χ3n) is 4.82. The summed E-state index contributed by atoms with van der Waals surface area (Å²) in [5.41, 5.74) is -0.117. The Bertz CT molecular complexity index is 932. The molecule has 0 aliphatic carbocycles. The summed E-state index contributed by atoms with van der Waals surface area (Å²) in [6.07, 6.45) is 4.30. The number of piperidine rings is 1. The number of nitrogens with one attached hydrogen (secondary N) is 1. The molecule has 9 nitrogen and oxygen atoms in total. The van der Waals surface area contributed by atoms with Gasteiger partial charge in [-0.05, 0) is 38.4 Å². The van der Waals surface area contributed by atoms with E-state index in [2.05, 4.69) is 20.6 Å². The molecule has 0 amide bonds. The third-order valence-corrected chi connectivity index (χ3v) is 4.82. The zero-order valence-electron chi connectivity index (χ0n) is 16.0. The van der Waals surface area contributed by atoms with Gasteiger partial charge in [-0.25, -0.2) is 15.3 Å². The summed E-state index contributed by atoms with van der Waals surface area (Å²) in [5, 5.41) is 7.87. The van der Waals surface area contributed by atoms with E-state index in [1.807, 2.05) is 11.5 Å². The first kappa shape index (κ1) is 18.4. The molecule has 0 spiro atoms. The van der Waals surface area contributed by atoms with Crippen molar-refractivity contribution < 1.29 is 9.47 Å². The molecule has 28 heavy (non-hydrogen) atoms. The molecule has 9 heteroatoms. The highest BCUT2D eigenvalue weighted by molar-refractivity contribution is 5.96. The fourth-order valence-corrected chi connectivity index (χ4v) is 3.39. The second-order valence-corrected chi connectivity index (χ2v) is 6.77. The highest BCUT2D eigenvalue weighted by Gasteiger charge is 2.30. The van der Waals surface area contributed by atoms with E-state index in [1.165, 1.54) is 6.20 Å². The largest absolute Gasteiger partial charge is 0.481 e. The van der Waals surface area contributed by atoms with Crippen LogP contribution in [-0.4, -0.2) is 40.6 Å². The minimum Gasteiger partial charge on any atom is -0.481 e. The first-order valence-electron chi connectivity index (χ1n) is 9.53. The molecular formula is C19H23N6O3. The van der Waals surface area contributed by atoms with Crippen molar-refractivity contribution in [2.75, 3.05) is 20.2 Å². The van der Waals surface area contributed by atoms with Gasteiger partial charge in [-0.2, -0.15) is 4.98 Å². The van der Waals surface area contributed by atoms with Crippen LogP contribution in [0.2, 0.25) is 0 Å². The number of hydrogen-bond donors (Lipinski definition) is 1. The van der Waals surface area contributed by atoms with Gasteiger partial charge in [0, 0.05) is 18.5 Å². The quantitative estimate of drug-likeness (QED) is 0.819. The number of amidine groups is 1. The molecular weight excluding hydrogens is 360 g/mol. The van der Waals surface area contributed by atoms with Gasteiger partial charge in [-0.3, -0.25) is 9.36 Å². The molecule has 0 aromatic carbocycles. The van der Waals surface area contributed by atoms with Crippen LogP contribution >= 0.6 is 0 Å². The predicted octanol–water partition coefficient (Wildman–Crippen LogP) is 2.13. The van der Waals surface area contributed by atoms with Crippen molar-refractivity contribution in [2.24, 2.45) is 10.9 Å². The molecule has 1 radical (unpaired) electrons. The standard InChI is InChI=1S/C19H23N6O3/c1-3-10-25-17-15(22-16(23-17)12-6-8-20-9-7-12)18(26)24-19(25)28-13-4-5-14(27-2)21-11-13/h4-5,11-12,20H,3,6-10H2,1-2H3. The average Bonchev–Trinajstić information content (AvgIpc) is 3.18. The van der Waals surface area contributed by atoms with Gasteiger partial charge >= 0.3 is 11.6 Å². The monoisotopic (exact) mass is 383 g/mol. The summed E-state index contributed by atoms with van der Waals surface area (Å²) in [6, 6.07) is 3.60. The van der Waals surface area contributed by atoms with Crippen LogP contribution in [0.4, 0.5) is 11.5 Å². The highest BCUT2D eigenvalue weighted by atomic mass is 16.5. The zero-order chi connectivity index (χ0) is 19.5. The third kappa shape index (κ3) is 3.57. The van der Waals surface area contributed by atoms with Crippen LogP contribution in [0.5, 0.6) is 17.6 Å². The molecule has 2 aliphatic rings. The summed E-state index contributed by atoms with van der Waals surface area (Å²) < 4.78 is 12.7. The Morgan fingerprint density at radius 1 is 1.29 bits per heavy atom. The fourth-order valence-electron chi connectivity index (χ4n) is 3.39. The lowest BCUT2D eigenvalue weighted by Gasteiger charge is -2.21. The van der Waals surface area contributed by atoms with Crippen molar-refractivity contribution in [3.05, 3.63) is 28.7 Å². The van der Waals surface area contributed by atoms with E-state index in [9.17, 15) is 4.79 Å². The number of nitrogens with zero attached hydrogens (tertiary/aromatic N) is 5. The molecule has 0 unspecified atom stereocenters. The van der Waals surface area contributed by atoms with Gasteiger partial charge in [-0.15, -0.1) is 0 Å². The Kier molecular flexibility index (Phi) is 5.25. The van der Waals surface area contributed by atoms with Gasteiger partial charge in [0.1, 0.15) is 11.6 Å². The number of aromatic nitrogens is 3. The van der Waals surface area contributed by atoms with Crippen LogP contribution in [0.1, 0.15) is 26.2 Å². The molecule has 0 atom stereocenters. The SMILES string of the molecule is CCCn1c(Oc2ccc(OC)nc2)nc(=O)c2c1N=C(C1CCNCC1)[N]2. The summed E-state index contributed by atoms with van der Waals surface area (Å²) in [4.78, 5) is 25.6. The van der Waals surface area contributed by atoms with Crippen molar-refractivity contribution >= 4 is 17.3 Å². The van der Waals surface area contributed by atoms with Crippen molar-refractivity contribution in [2.45, 2.75) is 32.7 Å². The highest BCUT2D eigenvalue weighted by Crippen LogP contribution is 2.34. The number of rotatable bonds is 6. The van der Waals surface area contributed by atoms with E-state index in [4.69, 9.17) is 14.5 Å². The topological polar surface area (TPSA) is 105 Å². The molecule has 2 aromatic heterocycles. The van der Waals surface area contributed by atoms with Crippen LogP contribution in [-0.2, 0) is 6.54 Å². The van der Waals surface area contributed by atoms with Gasteiger partial charge in [0.15, 0.2) is 11.5 Å². The van der Waals surface area contributed by atoms with Crippen molar-refractivity contribution in [3.8, 4) is 17.6 Å². The van der Waals surface area contributed by atoms with Gasteiger partial charge in [0.2, 0.25) is 5.88 Å². The Morgan fingerprint density at radius 2 is 2.11 bits per heavy atom. The molecule has 4 rings (SSSR count). The van der Waals surface area contributed by atoms with Gasteiger partial charge in [0.05, 0.1) is 13.3 Å². The summed E-state index contributed by atoms with van der Waals surface area (Å²) in [6.45, 7) is 4.54. The van der Waals surface area contributed by atoms with Gasteiger partial charge in [-0.1, -0.05) is 6.92 Å². The lowest BCUT2D eigenvalue weighted by atomic mass is 9.97. The maximum absolute atomic E-state index is 12.6. The molecule has 0 bridgehead atoms. The maximum atomic E-state index is 12.6. The van der Waals surface area contributed by atoms with E-state index in [0.29, 0.717) is 29.7 Å². The maximum Gasteiger partial charge on any atom is 0.307 e. The molecule has 1 saturated heterocycles. The number of pyridine rings is 1. The van der Waals surface area contributed by atoms with E-state index >= 15 is 0 Å². The zero-order valence-corrected chi connectivity index (χ0v) is 16.0. The van der Waals surface area contributed by atoms with Crippen molar-refractivity contribution in [1.82, 2.24) is 25.2 Å². The summed E-state index contributed by atoms with van der Waals surface area (Å²) in [5.74, 6) is 2.47. The second-order valence-electron chi connectivity index (χ2n) is 6.77. The summed E-state index contributed by atoms with van der Waals surface area (Å²) >= 11 is 0. The van der Waals surface area contributed by atoms with Crippen LogP contribution in [0.15, 0.2) is 28.1 Å². The first-order chi connectivity index (χ1) is 13.7. The lowest BCUT2D eigenvalue weighted by Crippen LogP contribution is -2.34. The van der Waals surface area contributed by atoms with E-state index in [0.717, 1.165) is 38.2 Å². The first-order valence-corrected chi connectivity index (χ1v) is 9.53. The number of fused-ring (bicyclic) bond motifs is 1. The van der Waals surface area contributed by atoms with E-state index < -0.39 is 5.56 Å². The lowest BCUT2D eigenvalue weighted by molar-refractivity contribution is 0.384. The Balaban J connectivity index is 1.69. The number of hydrogen-bond acceptors (Lipinski definition) is 7. The minimum atomic E-state index is -0.425. The smallest absolute Gasteiger partial charge is 0.307 e. The Labute approximate surface area is 162 Å². The van der Waals surface area contributed by atoms with Gasteiger partial charge in [0.25, 0.3) is 0 Å². The normalized spacial score (nSPS) is 16.3. The number of aliphatic imine (C=N–C) groups is 1. The Hall–Kier alpha value is -2.94. The van der Waals surface area contributed by atoms with Crippen LogP contribution in [0.25, 0.3) is 0 Å². The van der Waals surface area contributed by atoms with Gasteiger partial charge < -0.3 is 14.8 Å². The minimum absolute atomic E-state index is 0.197. The average molecular weight is 383 g/mol. The van der Waals surface area contributed by atoms with Crippen LogP contribution in [0, 0.1) is 5.92 Å². The molecule has 2 aliphatic heterocycles. The number of methoxy groups -OCH3 is 1. The fraction of sp³-hybridized carbons (Fsp3) is 0.474. The molecule has 1 fully saturated rings. The van der Waals surface area contributed by atoms with E-state index in [-0.39, 0.29) is 11.9 Å². The van der Waals surface area contributed by atoms with Crippen molar-refractivity contribution in [3.63, 3.8) is 0 Å². The molecule has 2 aromatic rings. The Morgan fingerprint density at radius 3 is 2.79 bits per heavy atom. The second kappa shape index (κ2) is 7.97. The van der Waals surface area contributed by atoms with Crippen molar-refractivity contribution in [1.29, 1.82) is 0 Å². The van der Waals surface area contributed by atoms with Crippen LogP contribution in [0.3, 0.4) is 0 Å². The molecule has 147 valence electrons.